The number of carbonyl (C=O) groups excluding carboxylic acids is 1. The van der Waals surface area contributed by atoms with Crippen LogP contribution >= 0.6 is 15.9 Å². The number of carbonyl (C=O) groups is 1. The lowest BCUT2D eigenvalue weighted by Gasteiger charge is -2.59. The van der Waals surface area contributed by atoms with Gasteiger partial charge in [-0.25, -0.2) is 13.8 Å². The largest absolute Gasteiger partial charge is 0.355 e. The summed E-state index contributed by atoms with van der Waals surface area (Å²) in [5, 5.41) is 0. The topological polar surface area (TPSA) is 33.2 Å². The minimum absolute atomic E-state index is 0.0382. The van der Waals surface area contributed by atoms with Gasteiger partial charge in [-0.05, 0) is 22.0 Å². The first-order chi connectivity index (χ1) is 8.43. The zero-order chi connectivity index (χ0) is 13.0. The van der Waals surface area contributed by atoms with Gasteiger partial charge in [0, 0.05) is 42.0 Å². The summed E-state index contributed by atoms with van der Waals surface area (Å²) >= 11 is 3.25. The lowest BCUT2D eigenvalue weighted by Crippen LogP contribution is -2.66. The van der Waals surface area contributed by atoms with E-state index in [1.807, 2.05) is 4.90 Å². The van der Waals surface area contributed by atoms with Gasteiger partial charge < -0.3 is 4.90 Å². The second-order valence-corrected chi connectivity index (χ2v) is 6.17. The summed E-state index contributed by atoms with van der Waals surface area (Å²) in [7, 11) is 0. The highest BCUT2D eigenvalue weighted by Crippen LogP contribution is 2.57. The van der Waals surface area contributed by atoms with E-state index in [2.05, 4.69) is 20.9 Å². The van der Waals surface area contributed by atoms with Crippen molar-refractivity contribution in [2.45, 2.75) is 18.8 Å². The Morgan fingerprint density at radius 1 is 1.39 bits per heavy atom. The van der Waals surface area contributed by atoms with E-state index < -0.39 is 5.92 Å². The van der Waals surface area contributed by atoms with Gasteiger partial charge in [0.15, 0.2) is 6.29 Å². The van der Waals surface area contributed by atoms with E-state index >= 15 is 0 Å². The quantitative estimate of drug-likeness (QED) is 0.787. The predicted octanol–water partition coefficient (Wildman–Crippen LogP) is 2.89. The zero-order valence-electron chi connectivity index (χ0n) is 9.50. The Hall–Kier alpha value is -1.04. The number of alkyl halides is 2. The molecule has 1 spiro atoms. The first kappa shape index (κ1) is 12.0. The molecule has 1 aromatic heterocycles. The maximum absolute atomic E-state index is 12.9. The number of nitrogens with zero attached hydrogens (tertiary/aromatic N) is 2. The number of rotatable bonds is 2. The van der Waals surface area contributed by atoms with Crippen molar-refractivity contribution >= 4 is 28.0 Å². The molecule has 0 unspecified atom stereocenters. The first-order valence-electron chi connectivity index (χ1n) is 5.67. The van der Waals surface area contributed by atoms with Crippen molar-refractivity contribution in [2.24, 2.45) is 5.41 Å². The van der Waals surface area contributed by atoms with Gasteiger partial charge in [-0.3, -0.25) is 4.79 Å². The number of aldehydes is 1. The maximum atomic E-state index is 12.9. The van der Waals surface area contributed by atoms with Crippen LogP contribution in [0.3, 0.4) is 0 Å². The van der Waals surface area contributed by atoms with Gasteiger partial charge in [0.05, 0.1) is 5.56 Å². The molecule has 1 saturated heterocycles. The summed E-state index contributed by atoms with van der Waals surface area (Å²) < 4.78 is 26.5. The number of anilines is 1. The van der Waals surface area contributed by atoms with E-state index in [1.54, 1.807) is 12.3 Å². The fraction of sp³-hybridized carbons (Fsp3) is 0.500. The molecule has 2 fully saturated rings. The number of halogens is 3. The van der Waals surface area contributed by atoms with Crippen LogP contribution in [0, 0.1) is 5.41 Å². The molecule has 0 aromatic carbocycles. The van der Waals surface area contributed by atoms with Crippen LogP contribution in [0.5, 0.6) is 0 Å². The summed E-state index contributed by atoms with van der Waals surface area (Å²) in [5.74, 6) is -1.90. The van der Waals surface area contributed by atoms with E-state index in [9.17, 15) is 13.6 Å². The van der Waals surface area contributed by atoms with E-state index in [0.29, 0.717) is 24.5 Å². The van der Waals surface area contributed by atoms with Gasteiger partial charge in [0.2, 0.25) is 5.92 Å². The molecular formula is C12H11BrF2N2O. The summed E-state index contributed by atoms with van der Waals surface area (Å²) in [5.41, 5.74) is 0.239. The zero-order valence-corrected chi connectivity index (χ0v) is 11.1. The van der Waals surface area contributed by atoms with Crippen molar-refractivity contribution in [2.75, 3.05) is 18.0 Å². The fourth-order valence-corrected chi connectivity index (χ4v) is 3.33. The SMILES string of the molecule is O=Cc1cc(Br)cnc1N1CC2(C1)CC(F)(F)C2. The molecule has 3 nitrogen and oxygen atoms in total. The summed E-state index contributed by atoms with van der Waals surface area (Å²) in [4.78, 5) is 17.1. The summed E-state index contributed by atoms with van der Waals surface area (Å²) in [6, 6.07) is 1.69. The van der Waals surface area contributed by atoms with Gasteiger partial charge in [-0.2, -0.15) is 0 Å². The van der Waals surface area contributed by atoms with Crippen LogP contribution in [0.2, 0.25) is 0 Å². The van der Waals surface area contributed by atoms with Gasteiger partial charge >= 0.3 is 0 Å². The molecule has 1 aliphatic heterocycles. The highest BCUT2D eigenvalue weighted by atomic mass is 79.9. The molecule has 0 amide bonds. The molecule has 1 aliphatic carbocycles. The second-order valence-electron chi connectivity index (χ2n) is 5.25. The highest BCUT2D eigenvalue weighted by Gasteiger charge is 2.62. The Bertz CT molecular complexity index is 505. The van der Waals surface area contributed by atoms with Gasteiger partial charge in [-0.15, -0.1) is 0 Å². The third-order valence-corrected chi connectivity index (χ3v) is 4.04. The molecular weight excluding hydrogens is 306 g/mol. The van der Waals surface area contributed by atoms with Crippen LogP contribution in [0.25, 0.3) is 0 Å². The van der Waals surface area contributed by atoms with Crippen molar-refractivity contribution in [3.8, 4) is 0 Å². The molecule has 0 radical (unpaired) electrons. The number of aromatic nitrogens is 1. The third kappa shape index (κ3) is 1.83. The van der Waals surface area contributed by atoms with E-state index in [4.69, 9.17) is 0 Å². The van der Waals surface area contributed by atoms with E-state index in [1.165, 1.54) is 0 Å². The molecule has 0 atom stereocenters. The number of hydrogen-bond acceptors (Lipinski definition) is 3. The minimum atomic E-state index is -2.49. The minimum Gasteiger partial charge on any atom is -0.355 e. The second kappa shape index (κ2) is 3.73. The van der Waals surface area contributed by atoms with Crippen LogP contribution < -0.4 is 4.90 Å². The molecule has 18 heavy (non-hydrogen) atoms. The number of hydrogen-bond donors (Lipinski definition) is 0. The fourth-order valence-electron chi connectivity index (χ4n) is 2.98. The molecule has 3 rings (SSSR count). The predicted molar refractivity (Wildman–Crippen MR) is 66.2 cm³/mol. The Kier molecular flexibility index (Phi) is 2.49. The monoisotopic (exact) mass is 316 g/mol. The molecule has 2 heterocycles. The Morgan fingerprint density at radius 3 is 2.61 bits per heavy atom. The van der Waals surface area contributed by atoms with Crippen LogP contribution in [0.4, 0.5) is 14.6 Å². The highest BCUT2D eigenvalue weighted by molar-refractivity contribution is 9.10. The number of pyridine rings is 1. The third-order valence-electron chi connectivity index (χ3n) is 3.61. The Morgan fingerprint density at radius 2 is 2.06 bits per heavy atom. The maximum Gasteiger partial charge on any atom is 0.249 e. The lowest BCUT2D eigenvalue weighted by molar-refractivity contribution is -0.170. The van der Waals surface area contributed by atoms with Gasteiger partial charge in [0.1, 0.15) is 5.82 Å². The van der Waals surface area contributed by atoms with Crippen molar-refractivity contribution < 1.29 is 13.6 Å². The van der Waals surface area contributed by atoms with Gasteiger partial charge in [-0.1, -0.05) is 0 Å². The Labute approximate surface area is 111 Å². The Balaban J connectivity index is 1.74. The van der Waals surface area contributed by atoms with Crippen LogP contribution in [-0.2, 0) is 0 Å². The van der Waals surface area contributed by atoms with Gasteiger partial charge in [0.25, 0.3) is 0 Å². The first-order valence-corrected chi connectivity index (χ1v) is 6.46. The molecule has 1 saturated carbocycles. The molecule has 1 aromatic rings. The summed E-state index contributed by atoms with van der Waals surface area (Å²) in [6.07, 6.45) is 2.28. The van der Waals surface area contributed by atoms with E-state index in [0.717, 1.165) is 10.8 Å². The van der Waals surface area contributed by atoms with Crippen molar-refractivity contribution in [1.82, 2.24) is 4.98 Å². The molecule has 0 N–H and O–H groups in total. The molecule has 6 heteroatoms. The summed E-state index contributed by atoms with van der Waals surface area (Å²) in [6.45, 7) is 1.14. The molecule has 0 bridgehead atoms. The normalized spacial score (nSPS) is 23.4. The van der Waals surface area contributed by atoms with Crippen LogP contribution in [0.1, 0.15) is 23.2 Å². The smallest absolute Gasteiger partial charge is 0.249 e. The van der Waals surface area contributed by atoms with Crippen molar-refractivity contribution in [3.05, 3.63) is 22.3 Å². The standard InChI is InChI=1S/C12H11BrF2N2O/c13-9-1-8(3-18)10(16-2-9)17-6-11(7-17)4-12(14,15)5-11/h1-3H,4-7H2. The van der Waals surface area contributed by atoms with Crippen molar-refractivity contribution in [1.29, 1.82) is 0 Å². The molecule has 96 valence electrons. The average molecular weight is 317 g/mol. The van der Waals surface area contributed by atoms with E-state index in [-0.39, 0.29) is 18.3 Å². The molecule has 2 aliphatic rings. The van der Waals surface area contributed by atoms with Crippen LogP contribution in [0.15, 0.2) is 16.7 Å². The lowest BCUT2D eigenvalue weighted by atomic mass is 9.61. The average Bonchev–Trinajstić information content (AvgIpc) is 2.22. The van der Waals surface area contributed by atoms with Crippen molar-refractivity contribution in [3.63, 3.8) is 0 Å². The van der Waals surface area contributed by atoms with Crippen LogP contribution in [-0.4, -0.2) is 30.3 Å².